The number of nitrogens with zero attached hydrogens (tertiary/aromatic N) is 1. The zero-order valence-corrected chi connectivity index (χ0v) is 15.9. The van der Waals surface area contributed by atoms with Crippen LogP contribution in [0.1, 0.15) is 21.5 Å². The number of rotatable bonds is 6. The van der Waals surface area contributed by atoms with Gasteiger partial charge in [0.15, 0.2) is 0 Å². The van der Waals surface area contributed by atoms with E-state index in [1.165, 1.54) is 0 Å². The maximum atomic E-state index is 12.5. The standard InChI is InChI=1S/C21H20ClN3O2/c1-14-3-6-17(22)12-19(14)25-20-11-16(9-10-23-20)21(26)24-13-15-4-7-18(27-2)8-5-15/h3-12H,13H2,1-2H3,(H,23,25)(H,24,26). The number of pyridine rings is 1. The summed E-state index contributed by atoms with van der Waals surface area (Å²) in [5.74, 6) is 1.20. The molecule has 0 radical (unpaired) electrons. The summed E-state index contributed by atoms with van der Waals surface area (Å²) in [5, 5.41) is 6.75. The van der Waals surface area contributed by atoms with Gasteiger partial charge in [-0.3, -0.25) is 4.79 Å². The van der Waals surface area contributed by atoms with Crippen LogP contribution < -0.4 is 15.4 Å². The first-order valence-electron chi connectivity index (χ1n) is 8.45. The van der Waals surface area contributed by atoms with Gasteiger partial charge in [-0.1, -0.05) is 29.8 Å². The normalized spacial score (nSPS) is 10.3. The van der Waals surface area contributed by atoms with E-state index in [1.54, 1.807) is 25.4 Å². The van der Waals surface area contributed by atoms with Crippen LogP contribution in [0.3, 0.4) is 0 Å². The second-order valence-electron chi connectivity index (χ2n) is 6.04. The van der Waals surface area contributed by atoms with E-state index in [-0.39, 0.29) is 5.91 Å². The molecule has 0 aliphatic carbocycles. The van der Waals surface area contributed by atoms with Gasteiger partial charge in [-0.2, -0.15) is 0 Å². The van der Waals surface area contributed by atoms with Crippen molar-refractivity contribution in [3.05, 3.63) is 82.5 Å². The third kappa shape index (κ3) is 4.99. The van der Waals surface area contributed by atoms with Crippen LogP contribution in [0.2, 0.25) is 5.02 Å². The molecule has 2 N–H and O–H groups in total. The van der Waals surface area contributed by atoms with Gasteiger partial charge < -0.3 is 15.4 Å². The zero-order valence-electron chi connectivity index (χ0n) is 15.1. The van der Waals surface area contributed by atoms with Crippen molar-refractivity contribution in [3.8, 4) is 5.75 Å². The molecule has 1 heterocycles. The molecule has 5 nitrogen and oxygen atoms in total. The molecule has 2 aromatic carbocycles. The lowest BCUT2D eigenvalue weighted by Gasteiger charge is -2.11. The van der Waals surface area contributed by atoms with Crippen LogP contribution in [-0.4, -0.2) is 18.0 Å². The van der Waals surface area contributed by atoms with E-state index in [1.807, 2.05) is 49.4 Å². The van der Waals surface area contributed by atoms with E-state index in [4.69, 9.17) is 16.3 Å². The minimum absolute atomic E-state index is 0.168. The molecule has 0 atom stereocenters. The number of ether oxygens (including phenoxy) is 1. The van der Waals surface area contributed by atoms with Gasteiger partial charge in [0.25, 0.3) is 5.91 Å². The summed E-state index contributed by atoms with van der Waals surface area (Å²) >= 11 is 6.05. The van der Waals surface area contributed by atoms with Gasteiger partial charge >= 0.3 is 0 Å². The van der Waals surface area contributed by atoms with Gasteiger partial charge in [-0.05, 0) is 54.4 Å². The highest BCUT2D eigenvalue weighted by Crippen LogP contribution is 2.23. The van der Waals surface area contributed by atoms with Crippen LogP contribution in [-0.2, 0) is 6.54 Å². The number of anilines is 2. The Bertz CT molecular complexity index is 942. The Morgan fingerprint density at radius 3 is 2.63 bits per heavy atom. The van der Waals surface area contributed by atoms with Crippen molar-refractivity contribution in [1.29, 1.82) is 0 Å². The number of methoxy groups -OCH3 is 1. The highest BCUT2D eigenvalue weighted by atomic mass is 35.5. The van der Waals surface area contributed by atoms with Crippen molar-refractivity contribution in [2.45, 2.75) is 13.5 Å². The number of aromatic nitrogens is 1. The first-order chi connectivity index (χ1) is 13.0. The second kappa shape index (κ2) is 8.56. The summed E-state index contributed by atoms with van der Waals surface area (Å²) < 4.78 is 5.13. The summed E-state index contributed by atoms with van der Waals surface area (Å²) in [4.78, 5) is 16.7. The minimum atomic E-state index is -0.168. The van der Waals surface area contributed by atoms with Gasteiger partial charge in [-0.25, -0.2) is 4.98 Å². The SMILES string of the molecule is COc1ccc(CNC(=O)c2ccnc(Nc3cc(Cl)ccc3C)c2)cc1. The highest BCUT2D eigenvalue weighted by Gasteiger charge is 2.08. The number of hydrogen-bond acceptors (Lipinski definition) is 4. The monoisotopic (exact) mass is 381 g/mol. The number of nitrogens with one attached hydrogen (secondary N) is 2. The number of carbonyl (C=O) groups excluding carboxylic acids is 1. The third-order valence-corrected chi connectivity index (χ3v) is 4.33. The topological polar surface area (TPSA) is 63.2 Å². The first-order valence-corrected chi connectivity index (χ1v) is 8.83. The maximum Gasteiger partial charge on any atom is 0.251 e. The highest BCUT2D eigenvalue weighted by molar-refractivity contribution is 6.30. The summed E-state index contributed by atoms with van der Waals surface area (Å²) in [6.45, 7) is 2.41. The first kappa shape index (κ1) is 18.7. The number of aryl methyl sites for hydroxylation is 1. The van der Waals surface area contributed by atoms with Crippen LogP contribution in [0.4, 0.5) is 11.5 Å². The lowest BCUT2D eigenvalue weighted by atomic mass is 10.2. The maximum absolute atomic E-state index is 12.5. The quantitative estimate of drug-likeness (QED) is 0.648. The Kier molecular flexibility index (Phi) is 5.94. The van der Waals surface area contributed by atoms with Crippen molar-refractivity contribution in [1.82, 2.24) is 10.3 Å². The molecule has 0 bridgehead atoms. The van der Waals surface area contributed by atoms with Crippen molar-refractivity contribution in [2.75, 3.05) is 12.4 Å². The summed E-state index contributed by atoms with van der Waals surface area (Å²) in [7, 11) is 1.62. The van der Waals surface area contributed by atoms with Crippen molar-refractivity contribution in [3.63, 3.8) is 0 Å². The molecular formula is C21H20ClN3O2. The van der Waals surface area contributed by atoms with Gasteiger partial charge in [0.05, 0.1) is 7.11 Å². The molecule has 1 aromatic heterocycles. The average Bonchev–Trinajstić information content (AvgIpc) is 2.69. The molecule has 1 amide bonds. The van der Waals surface area contributed by atoms with Crippen molar-refractivity contribution < 1.29 is 9.53 Å². The Labute approximate surface area is 163 Å². The van der Waals surface area contributed by atoms with E-state index in [9.17, 15) is 4.79 Å². The molecule has 0 saturated heterocycles. The smallest absolute Gasteiger partial charge is 0.251 e. The third-order valence-electron chi connectivity index (χ3n) is 4.10. The summed E-state index contributed by atoms with van der Waals surface area (Å²) in [6, 6.07) is 16.5. The molecule has 0 aliphatic rings. The molecule has 27 heavy (non-hydrogen) atoms. The minimum Gasteiger partial charge on any atom is -0.497 e. The van der Waals surface area contributed by atoms with Crippen molar-refractivity contribution in [2.24, 2.45) is 0 Å². The van der Waals surface area contributed by atoms with Crippen LogP contribution >= 0.6 is 11.6 Å². The van der Waals surface area contributed by atoms with E-state index in [0.717, 1.165) is 22.6 Å². The fourth-order valence-corrected chi connectivity index (χ4v) is 2.71. The number of amides is 1. The predicted molar refractivity (Wildman–Crippen MR) is 108 cm³/mol. The molecule has 0 fully saturated rings. The number of halogens is 1. The second-order valence-corrected chi connectivity index (χ2v) is 6.48. The van der Waals surface area contributed by atoms with E-state index in [2.05, 4.69) is 15.6 Å². The van der Waals surface area contributed by atoms with Gasteiger partial charge in [0.1, 0.15) is 11.6 Å². The zero-order chi connectivity index (χ0) is 19.2. The summed E-state index contributed by atoms with van der Waals surface area (Å²) in [6.07, 6.45) is 1.60. The van der Waals surface area contributed by atoms with Crippen LogP contribution in [0.25, 0.3) is 0 Å². The molecular weight excluding hydrogens is 362 g/mol. The van der Waals surface area contributed by atoms with E-state index < -0.39 is 0 Å². The van der Waals surface area contributed by atoms with Gasteiger partial charge in [0, 0.05) is 29.0 Å². The Morgan fingerprint density at radius 2 is 1.89 bits per heavy atom. The van der Waals surface area contributed by atoms with Crippen LogP contribution in [0, 0.1) is 6.92 Å². The van der Waals surface area contributed by atoms with Gasteiger partial charge in [-0.15, -0.1) is 0 Å². The largest absolute Gasteiger partial charge is 0.497 e. The molecule has 138 valence electrons. The van der Waals surface area contributed by atoms with Gasteiger partial charge in [0.2, 0.25) is 0 Å². The van der Waals surface area contributed by atoms with E-state index in [0.29, 0.717) is 22.9 Å². The van der Waals surface area contributed by atoms with Crippen molar-refractivity contribution >= 4 is 29.0 Å². The molecule has 3 aromatic rings. The van der Waals surface area contributed by atoms with Crippen LogP contribution in [0.5, 0.6) is 5.75 Å². The molecule has 0 aliphatic heterocycles. The molecule has 0 unspecified atom stereocenters. The lowest BCUT2D eigenvalue weighted by molar-refractivity contribution is 0.0951. The number of hydrogen-bond donors (Lipinski definition) is 2. The molecule has 0 spiro atoms. The van der Waals surface area contributed by atoms with E-state index >= 15 is 0 Å². The lowest BCUT2D eigenvalue weighted by Crippen LogP contribution is -2.22. The molecule has 6 heteroatoms. The summed E-state index contributed by atoms with van der Waals surface area (Å²) in [5.41, 5.74) is 3.41. The Balaban J connectivity index is 1.66. The Hall–Kier alpha value is -3.05. The predicted octanol–water partition coefficient (Wildman–Crippen LogP) is 4.73. The van der Waals surface area contributed by atoms with Crippen LogP contribution in [0.15, 0.2) is 60.8 Å². The fraction of sp³-hybridized carbons (Fsp3) is 0.143. The molecule has 0 saturated carbocycles. The number of benzene rings is 2. The molecule has 3 rings (SSSR count). The average molecular weight is 382 g/mol. The number of carbonyl (C=O) groups is 1. The Morgan fingerprint density at radius 1 is 1.11 bits per heavy atom. The fourth-order valence-electron chi connectivity index (χ4n) is 2.53.